The maximum absolute atomic E-state index is 12.5. The number of nitrogens with zero attached hydrogens (tertiary/aromatic N) is 2. The lowest BCUT2D eigenvalue weighted by Crippen LogP contribution is -2.33. The van der Waals surface area contributed by atoms with E-state index in [1.807, 2.05) is 71.6 Å². The van der Waals surface area contributed by atoms with E-state index in [-0.39, 0.29) is 6.03 Å². The molecule has 28 heavy (non-hydrogen) atoms. The molecule has 3 rings (SSSR count). The maximum atomic E-state index is 12.5. The number of anilines is 1. The van der Waals surface area contributed by atoms with Gasteiger partial charge in [-0.2, -0.15) is 0 Å². The Morgan fingerprint density at radius 3 is 2.46 bits per heavy atom. The van der Waals surface area contributed by atoms with Crippen molar-refractivity contribution in [2.75, 3.05) is 33.1 Å². The van der Waals surface area contributed by atoms with E-state index in [4.69, 9.17) is 9.47 Å². The highest BCUT2D eigenvalue weighted by molar-refractivity contribution is 5.89. The second-order valence-corrected chi connectivity index (χ2v) is 6.43. The van der Waals surface area contributed by atoms with Crippen LogP contribution in [0.2, 0.25) is 0 Å². The molecule has 146 valence electrons. The number of hydrogen-bond acceptors (Lipinski definition) is 3. The first-order valence-corrected chi connectivity index (χ1v) is 9.07. The maximum Gasteiger partial charge on any atom is 0.321 e. The van der Waals surface area contributed by atoms with Gasteiger partial charge in [-0.3, -0.25) is 0 Å². The molecule has 1 N–H and O–H groups in total. The molecule has 1 heterocycles. The summed E-state index contributed by atoms with van der Waals surface area (Å²) >= 11 is 0. The third-order valence-corrected chi connectivity index (χ3v) is 4.53. The van der Waals surface area contributed by atoms with Gasteiger partial charge in [-0.05, 0) is 54.4 Å². The molecule has 1 aromatic heterocycles. The lowest BCUT2D eigenvalue weighted by Gasteiger charge is -2.19. The molecule has 0 aliphatic rings. The molecule has 0 bridgehead atoms. The number of carbonyl (C=O) groups is 1. The van der Waals surface area contributed by atoms with Crippen molar-refractivity contribution in [1.29, 1.82) is 0 Å². The number of benzene rings is 2. The van der Waals surface area contributed by atoms with E-state index in [0.29, 0.717) is 24.5 Å². The van der Waals surface area contributed by atoms with Crippen LogP contribution in [0.5, 0.6) is 11.5 Å². The van der Waals surface area contributed by atoms with Gasteiger partial charge in [0.1, 0.15) is 0 Å². The SMILES string of the molecule is COc1ccc(CCN(C)C(=O)Nc2cccc(-n3cccc3)c2)cc1OC. The number of nitrogens with one attached hydrogen (secondary N) is 1. The molecule has 0 aliphatic heterocycles. The van der Waals surface area contributed by atoms with Gasteiger partial charge in [0.05, 0.1) is 14.2 Å². The number of amides is 2. The van der Waals surface area contributed by atoms with Crippen molar-refractivity contribution in [2.45, 2.75) is 6.42 Å². The number of methoxy groups -OCH3 is 2. The van der Waals surface area contributed by atoms with Crippen LogP contribution in [0.3, 0.4) is 0 Å². The second-order valence-electron chi connectivity index (χ2n) is 6.43. The van der Waals surface area contributed by atoms with Gasteiger partial charge in [-0.15, -0.1) is 0 Å². The predicted molar refractivity (Wildman–Crippen MR) is 111 cm³/mol. The van der Waals surface area contributed by atoms with Crippen molar-refractivity contribution < 1.29 is 14.3 Å². The van der Waals surface area contributed by atoms with E-state index in [1.54, 1.807) is 26.2 Å². The minimum atomic E-state index is -0.148. The fourth-order valence-electron chi connectivity index (χ4n) is 2.90. The summed E-state index contributed by atoms with van der Waals surface area (Å²) in [5, 5.41) is 2.95. The number of aromatic nitrogens is 1. The number of urea groups is 1. The topological polar surface area (TPSA) is 55.7 Å². The molecule has 2 aromatic carbocycles. The highest BCUT2D eigenvalue weighted by atomic mass is 16.5. The molecule has 0 aliphatic carbocycles. The Kier molecular flexibility index (Phi) is 6.22. The van der Waals surface area contributed by atoms with E-state index in [2.05, 4.69) is 5.32 Å². The quantitative estimate of drug-likeness (QED) is 0.669. The Balaban J connectivity index is 1.59. The number of hydrogen-bond donors (Lipinski definition) is 1. The van der Waals surface area contributed by atoms with Gasteiger partial charge in [-0.25, -0.2) is 4.79 Å². The van der Waals surface area contributed by atoms with E-state index in [0.717, 1.165) is 16.9 Å². The summed E-state index contributed by atoms with van der Waals surface area (Å²) in [6.07, 6.45) is 4.65. The third kappa shape index (κ3) is 4.65. The number of ether oxygens (including phenoxy) is 2. The second kappa shape index (κ2) is 8.99. The van der Waals surface area contributed by atoms with Gasteiger partial charge < -0.3 is 24.3 Å². The molecular weight excluding hydrogens is 354 g/mol. The Morgan fingerprint density at radius 2 is 1.75 bits per heavy atom. The Labute approximate surface area is 165 Å². The Morgan fingerprint density at radius 1 is 1.00 bits per heavy atom. The zero-order valence-electron chi connectivity index (χ0n) is 16.4. The average molecular weight is 379 g/mol. The van der Waals surface area contributed by atoms with Crippen molar-refractivity contribution in [2.24, 2.45) is 0 Å². The summed E-state index contributed by atoms with van der Waals surface area (Å²) in [6, 6.07) is 17.3. The molecule has 2 amide bonds. The van der Waals surface area contributed by atoms with Gasteiger partial charge >= 0.3 is 6.03 Å². The minimum Gasteiger partial charge on any atom is -0.493 e. The molecule has 3 aromatic rings. The van der Waals surface area contributed by atoms with Crippen LogP contribution in [0.25, 0.3) is 5.69 Å². The third-order valence-electron chi connectivity index (χ3n) is 4.53. The van der Waals surface area contributed by atoms with Crippen molar-refractivity contribution in [3.63, 3.8) is 0 Å². The molecule has 0 saturated heterocycles. The van der Waals surface area contributed by atoms with Crippen molar-refractivity contribution in [1.82, 2.24) is 9.47 Å². The van der Waals surface area contributed by atoms with E-state index in [9.17, 15) is 4.79 Å². The summed E-state index contributed by atoms with van der Waals surface area (Å²) in [5.41, 5.74) is 2.83. The summed E-state index contributed by atoms with van der Waals surface area (Å²) in [7, 11) is 5.01. The van der Waals surface area contributed by atoms with Crippen molar-refractivity contribution >= 4 is 11.7 Å². The Hall–Kier alpha value is -3.41. The van der Waals surface area contributed by atoms with Crippen LogP contribution < -0.4 is 14.8 Å². The monoisotopic (exact) mass is 379 g/mol. The van der Waals surface area contributed by atoms with E-state index >= 15 is 0 Å². The largest absolute Gasteiger partial charge is 0.493 e. The van der Waals surface area contributed by atoms with Crippen LogP contribution in [0.4, 0.5) is 10.5 Å². The van der Waals surface area contributed by atoms with Gasteiger partial charge in [0.15, 0.2) is 11.5 Å². The van der Waals surface area contributed by atoms with Crippen LogP contribution in [0.1, 0.15) is 5.56 Å². The van der Waals surface area contributed by atoms with Crippen LogP contribution in [0.15, 0.2) is 67.0 Å². The van der Waals surface area contributed by atoms with Gasteiger partial charge in [0, 0.05) is 37.4 Å². The van der Waals surface area contributed by atoms with Gasteiger partial charge in [0.25, 0.3) is 0 Å². The van der Waals surface area contributed by atoms with Crippen LogP contribution in [0, 0.1) is 0 Å². The molecule has 0 atom stereocenters. The zero-order chi connectivity index (χ0) is 19.9. The first-order chi connectivity index (χ1) is 13.6. The molecule has 6 heteroatoms. The zero-order valence-corrected chi connectivity index (χ0v) is 16.4. The molecule has 0 fully saturated rings. The van der Waals surface area contributed by atoms with Gasteiger partial charge in [-0.1, -0.05) is 12.1 Å². The molecule has 0 unspecified atom stereocenters. The summed E-state index contributed by atoms with van der Waals surface area (Å²) in [4.78, 5) is 14.2. The van der Waals surface area contributed by atoms with Crippen LogP contribution in [-0.2, 0) is 6.42 Å². The first kappa shape index (κ1) is 19.4. The fourth-order valence-corrected chi connectivity index (χ4v) is 2.90. The smallest absolute Gasteiger partial charge is 0.321 e. The highest BCUT2D eigenvalue weighted by Crippen LogP contribution is 2.27. The fraction of sp³-hybridized carbons (Fsp3) is 0.227. The molecule has 0 saturated carbocycles. The molecule has 0 radical (unpaired) electrons. The lowest BCUT2D eigenvalue weighted by molar-refractivity contribution is 0.223. The van der Waals surface area contributed by atoms with Crippen LogP contribution in [-0.4, -0.2) is 43.3 Å². The lowest BCUT2D eigenvalue weighted by atomic mass is 10.1. The average Bonchev–Trinajstić information content (AvgIpc) is 3.26. The minimum absolute atomic E-state index is 0.148. The van der Waals surface area contributed by atoms with Gasteiger partial charge in [0.2, 0.25) is 0 Å². The van der Waals surface area contributed by atoms with Crippen molar-refractivity contribution in [3.05, 3.63) is 72.6 Å². The summed E-state index contributed by atoms with van der Waals surface area (Å²) in [5.74, 6) is 1.38. The number of carbonyl (C=O) groups excluding carboxylic acids is 1. The first-order valence-electron chi connectivity index (χ1n) is 9.07. The normalized spacial score (nSPS) is 10.4. The van der Waals surface area contributed by atoms with Crippen molar-refractivity contribution in [3.8, 4) is 17.2 Å². The number of likely N-dealkylation sites (N-methyl/N-ethyl adjacent to an activating group) is 1. The van der Waals surface area contributed by atoms with E-state index < -0.39 is 0 Å². The molecular formula is C22H25N3O3. The molecule has 6 nitrogen and oxygen atoms in total. The highest BCUT2D eigenvalue weighted by Gasteiger charge is 2.11. The van der Waals surface area contributed by atoms with E-state index in [1.165, 1.54) is 0 Å². The molecule has 0 spiro atoms. The predicted octanol–water partition coefficient (Wildman–Crippen LogP) is 4.20. The number of rotatable bonds is 7. The van der Waals surface area contributed by atoms with Crippen LogP contribution >= 0.6 is 0 Å². The summed E-state index contributed by atoms with van der Waals surface area (Å²) in [6.45, 7) is 0.582. The Bertz CT molecular complexity index is 923. The standard InChI is InChI=1S/C22H25N3O3/c1-24(14-11-17-9-10-20(27-2)21(15-17)28-3)22(26)23-18-7-6-8-19(16-18)25-12-4-5-13-25/h4-10,12-13,15-16H,11,14H2,1-3H3,(H,23,26). The summed E-state index contributed by atoms with van der Waals surface area (Å²) < 4.78 is 12.6.